The summed E-state index contributed by atoms with van der Waals surface area (Å²) in [7, 11) is 1.55. The molecule has 10 heavy (non-hydrogen) atoms. The highest BCUT2D eigenvalue weighted by molar-refractivity contribution is 4.92. The number of hydrogen-bond acceptors (Lipinski definition) is 2. The van der Waals surface area contributed by atoms with Gasteiger partial charge in [0.15, 0.2) is 0 Å². The minimum absolute atomic E-state index is 0.523. The first-order valence-electron chi connectivity index (χ1n) is 2.88. The summed E-state index contributed by atoms with van der Waals surface area (Å²) in [5, 5.41) is 0. The van der Waals surface area contributed by atoms with Crippen molar-refractivity contribution in [2.75, 3.05) is 0 Å². The van der Waals surface area contributed by atoms with Crippen molar-refractivity contribution < 1.29 is 0 Å². The van der Waals surface area contributed by atoms with E-state index in [0.29, 0.717) is 5.69 Å². The smallest absolute Gasteiger partial charge is 0.315 e. The van der Waals surface area contributed by atoms with Crippen molar-refractivity contribution in [1.82, 2.24) is 9.55 Å². The summed E-state index contributed by atoms with van der Waals surface area (Å²) in [6.07, 6.45) is 1.57. The zero-order chi connectivity index (χ0) is 7.72. The van der Waals surface area contributed by atoms with E-state index in [0.717, 1.165) is 0 Å². The molecular formula is C6H8N2O2. The van der Waals surface area contributed by atoms with Gasteiger partial charge in [-0.2, -0.15) is 0 Å². The zero-order valence-electron chi connectivity index (χ0n) is 5.84. The van der Waals surface area contributed by atoms with E-state index in [2.05, 4.69) is 4.98 Å². The Balaban J connectivity index is 3.62. The van der Waals surface area contributed by atoms with Crippen LogP contribution >= 0.6 is 0 Å². The fourth-order valence-corrected chi connectivity index (χ4v) is 0.774. The van der Waals surface area contributed by atoms with Crippen LogP contribution in [0.4, 0.5) is 0 Å². The van der Waals surface area contributed by atoms with Gasteiger partial charge in [-0.05, 0) is 6.92 Å². The predicted octanol–water partition coefficient (Wildman–Crippen LogP) is -0.618. The molecule has 0 unspecified atom stereocenters. The second kappa shape index (κ2) is 2.13. The van der Waals surface area contributed by atoms with Crippen LogP contribution in [0.3, 0.4) is 0 Å². The number of nitrogens with one attached hydrogen (secondary N) is 1. The van der Waals surface area contributed by atoms with Gasteiger partial charge in [-0.1, -0.05) is 0 Å². The number of nitrogens with zero attached hydrogens (tertiary/aromatic N) is 1. The van der Waals surface area contributed by atoms with Gasteiger partial charge >= 0.3 is 11.1 Å². The fraction of sp³-hybridized carbons (Fsp3) is 0.333. The average Bonchev–Trinajstić information content (AvgIpc) is 1.82. The fourth-order valence-electron chi connectivity index (χ4n) is 0.774. The summed E-state index contributed by atoms with van der Waals surface area (Å²) in [4.78, 5) is 23.8. The van der Waals surface area contributed by atoms with Crippen LogP contribution in [-0.2, 0) is 7.05 Å². The van der Waals surface area contributed by atoms with E-state index in [-0.39, 0.29) is 0 Å². The second-order valence-corrected chi connectivity index (χ2v) is 2.18. The monoisotopic (exact) mass is 140 g/mol. The lowest BCUT2D eigenvalue weighted by molar-refractivity contribution is 0.808. The number of aromatic amines is 1. The van der Waals surface area contributed by atoms with Crippen LogP contribution in [0.15, 0.2) is 15.8 Å². The van der Waals surface area contributed by atoms with Crippen LogP contribution in [0.1, 0.15) is 5.69 Å². The number of aryl methyl sites for hydroxylation is 2. The lowest BCUT2D eigenvalue weighted by atomic mass is 10.5. The third-order valence-electron chi connectivity index (χ3n) is 1.21. The van der Waals surface area contributed by atoms with Gasteiger partial charge in [0.05, 0.1) is 0 Å². The summed E-state index contributed by atoms with van der Waals surface area (Å²) >= 11 is 0. The Labute approximate surface area is 57.1 Å². The van der Waals surface area contributed by atoms with Crippen molar-refractivity contribution >= 4 is 0 Å². The van der Waals surface area contributed by atoms with Crippen LogP contribution in [0.25, 0.3) is 0 Å². The van der Waals surface area contributed by atoms with Crippen LogP contribution < -0.4 is 11.1 Å². The van der Waals surface area contributed by atoms with E-state index < -0.39 is 11.1 Å². The molecule has 0 radical (unpaired) electrons. The third-order valence-corrected chi connectivity index (χ3v) is 1.21. The van der Waals surface area contributed by atoms with Crippen molar-refractivity contribution in [3.63, 3.8) is 0 Å². The van der Waals surface area contributed by atoms with Gasteiger partial charge in [0.1, 0.15) is 0 Å². The van der Waals surface area contributed by atoms with Crippen LogP contribution in [0.5, 0.6) is 0 Å². The van der Waals surface area contributed by atoms with Crippen LogP contribution in [-0.4, -0.2) is 9.55 Å². The molecule has 4 heteroatoms. The van der Waals surface area contributed by atoms with E-state index in [4.69, 9.17) is 0 Å². The molecule has 0 bridgehead atoms. The van der Waals surface area contributed by atoms with Gasteiger partial charge in [-0.15, -0.1) is 0 Å². The highest BCUT2D eigenvalue weighted by Crippen LogP contribution is 1.78. The Morgan fingerprint density at radius 2 is 2.10 bits per heavy atom. The minimum atomic E-state index is -0.567. The average molecular weight is 140 g/mol. The molecule has 0 aliphatic heterocycles. The largest absolute Gasteiger partial charge is 0.320 e. The molecule has 0 aliphatic rings. The Bertz CT molecular complexity index is 348. The van der Waals surface area contributed by atoms with Crippen molar-refractivity contribution in [2.45, 2.75) is 6.92 Å². The van der Waals surface area contributed by atoms with Gasteiger partial charge in [0, 0.05) is 18.9 Å². The molecule has 0 saturated carbocycles. The topological polar surface area (TPSA) is 54.9 Å². The maximum absolute atomic E-state index is 10.7. The molecule has 1 rings (SSSR count). The maximum Gasteiger partial charge on any atom is 0.315 e. The molecule has 0 atom stereocenters. The first kappa shape index (κ1) is 6.80. The Hall–Kier alpha value is -1.32. The first-order valence-corrected chi connectivity index (χ1v) is 2.88. The van der Waals surface area contributed by atoms with E-state index in [1.165, 1.54) is 4.57 Å². The quantitative estimate of drug-likeness (QED) is 0.488. The van der Waals surface area contributed by atoms with Gasteiger partial charge in [0.2, 0.25) is 0 Å². The summed E-state index contributed by atoms with van der Waals surface area (Å²) in [6, 6.07) is 0. The normalized spacial score (nSPS) is 9.80. The van der Waals surface area contributed by atoms with Crippen LogP contribution in [0, 0.1) is 6.92 Å². The van der Waals surface area contributed by atoms with Gasteiger partial charge in [-0.25, -0.2) is 0 Å². The molecule has 4 nitrogen and oxygen atoms in total. The third kappa shape index (κ3) is 1.00. The molecule has 0 amide bonds. The highest BCUT2D eigenvalue weighted by Gasteiger charge is 1.94. The Morgan fingerprint density at radius 1 is 1.50 bits per heavy atom. The molecule has 0 fully saturated rings. The molecule has 0 saturated heterocycles. The van der Waals surface area contributed by atoms with Crippen molar-refractivity contribution in [3.05, 3.63) is 32.6 Å². The molecule has 1 aromatic rings. The highest BCUT2D eigenvalue weighted by atomic mass is 16.2. The van der Waals surface area contributed by atoms with E-state index >= 15 is 0 Å². The Kier molecular flexibility index (Phi) is 1.45. The SMILES string of the molecule is Cc1cn(C)c(=O)c(=O)[nH]1. The summed E-state index contributed by atoms with van der Waals surface area (Å²) in [6.45, 7) is 1.72. The number of hydrogen-bond donors (Lipinski definition) is 1. The molecule has 1 N–H and O–H groups in total. The lowest BCUT2D eigenvalue weighted by Gasteiger charge is -1.95. The molecule has 0 spiro atoms. The summed E-state index contributed by atoms with van der Waals surface area (Å²) in [5.74, 6) is 0. The van der Waals surface area contributed by atoms with E-state index in [1.807, 2.05) is 0 Å². The van der Waals surface area contributed by atoms with Gasteiger partial charge in [-0.3, -0.25) is 9.59 Å². The minimum Gasteiger partial charge on any atom is -0.320 e. The van der Waals surface area contributed by atoms with Crippen LogP contribution in [0.2, 0.25) is 0 Å². The Morgan fingerprint density at radius 3 is 2.60 bits per heavy atom. The zero-order valence-corrected chi connectivity index (χ0v) is 5.84. The van der Waals surface area contributed by atoms with Gasteiger partial charge in [0.25, 0.3) is 0 Å². The standard InChI is InChI=1S/C6H8N2O2/c1-4-3-8(2)6(10)5(9)7-4/h3H,1-2H3,(H,7,9). The molecular weight excluding hydrogens is 132 g/mol. The maximum atomic E-state index is 10.7. The molecule has 1 heterocycles. The lowest BCUT2D eigenvalue weighted by Crippen LogP contribution is -2.34. The van der Waals surface area contributed by atoms with Crippen molar-refractivity contribution in [2.24, 2.45) is 7.05 Å². The number of rotatable bonds is 0. The molecule has 0 aliphatic carbocycles. The first-order chi connectivity index (χ1) is 4.61. The summed E-state index contributed by atoms with van der Waals surface area (Å²) in [5.41, 5.74) is -0.403. The van der Waals surface area contributed by atoms with Gasteiger partial charge < -0.3 is 9.55 Å². The number of aromatic nitrogens is 2. The van der Waals surface area contributed by atoms with E-state index in [9.17, 15) is 9.59 Å². The van der Waals surface area contributed by atoms with E-state index in [1.54, 1.807) is 20.2 Å². The molecule has 1 aromatic heterocycles. The number of H-pyrrole nitrogens is 1. The molecule has 54 valence electrons. The van der Waals surface area contributed by atoms with Crippen molar-refractivity contribution in [3.8, 4) is 0 Å². The summed E-state index contributed by atoms with van der Waals surface area (Å²) < 4.78 is 1.26. The second-order valence-electron chi connectivity index (χ2n) is 2.18. The predicted molar refractivity (Wildman–Crippen MR) is 37.0 cm³/mol. The molecule has 0 aromatic carbocycles. The van der Waals surface area contributed by atoms with Crippen molar-refractivity contribution in [1.29, 1.82) is 0 Å².